The minimum Gasteiger partial charge on any atom is -0.493 e. The van der Waals surface area contributed by atoms with Crippen molar-refractivity contribution < 1.29 is 37.6 Å². The summed E-state index contributed by atoms with van der Waals surface area (Å²) in [6.07, 6.45) is 15.3. The summed E-state index contributed by atoms with van der Waals surface area (Å²) < 4.78 is 81.4. The van der Waals surface area contributed by atoms with Gasteiger partial charge in [-0.25, -0.2) is 23.7 Å². The standard InChI is InChI=1S/C23H25FN6OS.C21H21FN4O.C3H5NS.C2HF3O.C2H6.CH4/c1-2-25-23(32)29-10-7-15(8-11-29)18-13-26-21(30-14-27-28-22(18)30)6-3-16-17-9-12-31-20(17)5-4-19(16)24;22-18-7-8-19-16(10-11-27-19)15(18)6-9-20-23-12-17(14-4-2-1-3-5-14)21-25-24-13-26(20)21;1-2-4-3-5;3-2(4,5)1-6;1-2;/h4-5,7,13-14H,2-3,6,8-12H2,1H3,(H,25,32);4,7-8,12-13H,1-3,5-6,9-11H2;2H2,1H3;1H;1-2H3;1H4/i;;;;1D;. The Labute approximate surface area is 434 Å². The first-order valence-corrected chi connectivity index (χ1v) is 24.7. The molecule has 73 heavy (non-hydrogen) atoms. The molecule has 0 saturated carbocycles. The van der Waals surface area contributed by atoms with E-state index in [1.807, 2.05) is 35.0 Å². The van der Waals surface area contributed by atoms with Crippen LogP contribution in [0, 0.1) is 11.6 Å². The zero-order chi connectivity index (χ0) is 52.3. The van der Waals surface area contributed by atoms with Gasteiger partial charge in [0, 0.05) is 87.9 Å². The third-order valence-electron chi connectivity index (χ3n) is 12.1. The van der Waals surface area contributed by atoms with Crippen molar-refractivity contribution in [3.8, 4) is 11.5 Å². The van der Waals surface area contributed by atoms with Crippen LogP contribution in [0.3, 0.4) is 0 Å². The van der Waals surface area contributed by atoms with Crippen molar-refractivity contribution in [2.45, 2.75) is 112 Å². The second kappa shape index (κ2) is 28.0. The molecule has 0 radical (unpaired) electrons. The van der Waals surface area contributed by atoms with Gasteiger partial charge in [0.25, 0.3) is 0 Å². The fourth-order valence-corrected chi connectivity index (χ4v) is 9.15. The van der Waals surface area contributed by atoms with Gasteiger partial charge >= 0.3 is 6.18 Å². The molecule has 14 nitrogen and oxygen atoms in total. The van der Waals surface area contributed by atoms with E-state index in [0.29, 0.717) is 45.8 Å². The summed E-state index contributed by atoms with van der Waals surface area (Å²) in [5.41, 5.74) is 9.63. The molecule has 6 aromatic rings. The van der Waals surface area contributed by atoms with Crippen molar-refractivity contribution in [2.24, 2.45) is 4.99 Å². The molecule has 0 fully saturated rings. The molecule has 1 N–H and O–H groups in total. The molecule has 10 rings (SSSR count). The lowest BCUT2D eigenvalue weighted by Crippen LogP contribution is -2.41. The van der Waals surface area contributed by atoms with Gasteiger partial charge in [0.1, 0.15) is 47.4 Å². The number of thiocarbonyl (C=S) groups is 2. The van der Waals surface area contributed by atoms with Crippen molar-refractivity contribution in [2.75, 3.05) is 39.4 Å². The summed E-state index contributed by atoms with van der Waals surface area (Å²) in [5.74, 6) is 2.93. The number of ether oxygens (including phenoxy) is 2. The topological polar surface area (TPSA) is 149 Å². The molecule has 21 heteroatoms. The number of nitrogens with zero attached hydrogens (tertiary/aromatic N) is 10. The first-order chi connectivity index (χ1) is 35.4. The van der Waals surface area contributed by atoms with Crippen molar-refractivity contribution in [3.05, 3.63) is 118 Å². The lowest BCUT2D eigenvalue weighted by atomic mass is 9.95. The second-order valence-corrected chi connectivity index (χ2v) is 17.0. The molecule has 4 aliphatic rings. The SMILES string of the molecule is C.CCN=C=S.CCNC(=S)N1CC=C(c2cnc(CCc3c(F)ccc4c3CCO4)n3cnnc23)CC1.Fc1ccc2c(c1CCc1ncc(C3=CCCCC3)c3nncn13)CCO2.O=CC(F)(F)F.[2H]CC. The molecular formula is C52H62F5N11O3S2. The molecule has 7 heterocycles. The Bertz CT molecular complexity index is 2960. The average molecular weight is 1050 g/mol. The number of fused-ring (bicyclic) bond motifs is 4. The predicted molar refractivity (Wildman–Crippen MR) is 280 cm³/mol. The van der Waals surface area contributed by atoms with Crippen LogP contribution >= 0.6 is 24.4 Å². The molecule has 0 saturated heterocycles. The van der Waals surface area contributed by atoms with Crippen LogP contribution in [-0.4, -0.2) is 106 Å². The van der Waals surface area contributed by atoms with Gasteiger partial charge in [0.15, 0.2) is 16.4 Å². The fourth-order valence-electron chi connectivity index (χ4n) is 8.71. The van der Waals surface area contributed by atoms with Gasteiger partial charge in [-0.3, -0.25) is 13.6 Å². The number of aryl methyl sites for hydroxylation is 2. The quantitative estimate of drug-likeness (QED) is 0.0601. The maximum atomic E-state index is 14.5. The number of benzene rings is 2. The van der Waals surface area contributed by atoms with Gasteiger partial charge < -0.3 is 19.7 Å². The van der Waals surface area contributed by atoms with Crippen LogP contribution < -0.4 is 14.8 Å². The number of aliphatic imine (C=N–C) groups is 1. The van der Waals surface area contributed by atoms with Crippen LogP contribution in [0.15, 0.2) is 66.5 Å². The van der Waals surface area contributed by atoms with Gasteiger partial charge in [-0.1, -0.05) is 33.4 Å². The Morgan fingerprint density at radius 2 is 1.36 bits per heavy atom. The lowest BCUT2D eigenvalue weighted by molar-refractivity contribution is -0.156. The minimum atomic E-state index is -4.64. The monoisotopic (exact) mass is 1050 g/mol. The highest BCUT2D eigenvalue weighted by molar-refractivity contribution is 7.80. The number of carbonyl (C=O) groups is 1. The normalized spacial score (nSPS) is 14.4. The molecule has 0 amide bonds. The summed E-state index contributed by atoms with van der Waals surface area (Å²) >= 11 is 9.66. The third kappa shape index (κ3) is 14.8. The predicted octanol–water partition coefficient (Wildman–Crippen LogP) is 10.4. The summed E-state index contributed by atoms with van der Waals surface area (Å²) in [4.78, 5) is 23.8. The largest absolute Gasteiger partial charge is 0.493 e. The Balaban J connectivity index is 0.000000218. The maximum Gasteiger partial charge on any atom is 0.446 e. The van der Waals surface area contributed by atoms with Crippen LogP contribution in [0.25, 0.3) is 22.4 Å². The van der Waals surface area contributed by atoms with E-state index >= 15 is 0 Å². The van der Waals surface area contributed by atoms with Crippen molar-refractivity contribution >= 4 is 63.4 Å². The van der Waals surface area contributed by atoms with Crippen molar-refractivity contribution in [3.63, 3.8) is 0 Å². The highest BCUT2D eigenvalue weighted by Crippen LogP contribution is 2.34. The molecule has 0 bridgehead atoms. The van der Waals surface area contributed by atoms with Gasteiger partial charge in [0.2, 0.25) is 6.29 Å². The number of allylic oxidation sites excluding steroid dienone is 2. The number of halogens is 5. The van der Waals surface area contributed by atoms with E-state index in [0.717, 1.165) is 131 Å². The smallest absolute Gasteiger partial charge is 0.446 e. The van der Waals surface area contributed by atoms with Crippen molar-refractivity contribution in [1.29, 1.82) is 0 Å². The Hall–Kier alpha value is -6.57. The molecule has 390 valence electrons. The number of nitrogens with one attached hydrogen (secondary N) is 1. The summed E-state index contributed by atoms with van der Waals surface area (Å²) in [6.45, 7) is 10.7. The Morgan fingerprint density at radius 1 is 0.836 bits per heavy atom. The van der Waals surface area contributed by atoms with E-state index in [9.17, 15) is 22.0 Å². The Kier molecular flexibility index (Phi) is 21.4. The maximum absolute atomic E-state index is 14.5. The fraction of sp³-hybridized carbons (Fsp3) is 0.442. The van der Waals surface area contributed by atoms with E-state index in [1.54, 1.807) is 31.7 Å². The van der Waals surface area contributed by atoms with Gasteiger partial charge in [0.05, 0.1) is 18.4 Å². The van der Waals surface area contributed by atoms with Crippen molar-refractivity contribution in [1.82, 2.24) is 49.4 Å². The molecule has 3 aliphatic heterocycles. The first kappa shape index (κ1) is 55.7. The minimum absolute atomic E-state index is 0. The highest BCUT2D eigenvalue weighted by atomic mass is 32.1. The number of aldehydes is 1. The number of hydrogen-bond donors (Lipinski definition) is 1. The molecule has 0 unspecified atom stereocenters. The number of alkyl halides is 3. The van der Waals surface area contributed by atoms with E-state index in [2.05, 4.69) is 70.1 Å². The van der Waals surface area contributed by atoms with Crippen LogP contribution in [0.4, 0.5) is 22.0 Å². The van der Waals surface area contributed by atoms with Crippen LogP contribution in [0.5, 0.6) is 11.5 Å². The number of carbonyl (C=O) groups excluding carboxylic acids is 1. The second-order valence-electron chi connectivity index (χ2n) is 16.4. The first-order valence-electron chi connectivity index (χ1n) is 24.6. The Morgan fingerprint density at radius 3 is 1.77 bits per heavy atom. The van der Waals surface area contributed by atoms with E-state index in [4.69, 9.17) is 32.8 Å². The third-order valence-corrected chi connectivity index (χ3v) is 12.6. The number of rotatable bonds is 10. The number of hydrogen-bond acceptors (Lipinski definition) is 12. The van der Waals surface area contributed by atoms with Crippen LogP contribution in [0.1, 0.15) is 114 Å². The summed E-state index contributed by atoms with van der Waals surface area (Å²) in [5, 5.41) is 23.1. The molecule has 0 atom stereocenters. The summed E-state index contributed by atoms with van der Waals surface area (Å²) in [7, 11) is 0. The van der Waals surface area contributed by atoms with E-state index < -0.39 is 12.5 Å². The molecule has 2 aromatic carbocycles. The molecular weight excluding hydrogens is 986 g/mol. The number of aromatic nitrogens is 8. The van der Waals surface area contributed by atoms with Gasteiger partial charge in [-0.05, 0) is 130 Å². The van der Waals surface area contributed by atoms with Gasteiger partial charge in [-0.15, -0.1) is 20.4 Å². The zero-order valence-corrected chi connectivity index (χ0v) is 42.1. The molecule has 0 spiro atoms. The summed E-state index contributed by atoms with van der Waals surface area (Å²) in [6, 6.07) is 6.44. The molecule has 1 aliphatic carbocycles. The number of isothiocyanates is 1. The van der Waals surface area contributed by atoms with Crippen LogP contribution in [-0.2, 0) is 43.3 Å². The zero-order valence-electron chi connectivity index (χ0n) is 41.5. The van der Waals surface area contributed by atoms with Crippen LogP contribution in [0.2, 0.25) is 0 Å². The van der Waals surface area contributed by atoms with Gasteiger partial charge in [-0.2, -0.15) is 13.2 Å². The lowest BCUT2D eigenvalue weighted by Gasteiger charge is -2.29. The van der Waals surface area contributed by atoms with E-state index in [1.165, 1.54) is 36.1 Å². The molecule has 4 aromatic heterocycles. The van der Waals surface area contributed by atoms with E-state index in [-0.39, 0.29) is 19.1 Å². The average Bonchev–Trinajstić information content (AvgIpc) is 4.26. The highest BCUT2D eigenvalue weighted by Gasteiger charge is 2.26.